The summed E-state index contributed by atoms with van der Waals surface area (Å²) in [6.45, 7) is 26.1. The molecule has 310 valence electrons. The molecule has 0 spiro atoms. The summed E-state index contributed by atoms with van der Waals surface area (Å²) in [5.74, 6) is 0. The Bertz CT molecular complexity index is 2490. The Hall–Kier alpha value is -4.50. The van der Waals surface area contributed by atoms with Gasteiger partial charge < -0.3 is 9.80 Å². The van der Waals surface area contributed by atoms with Crippen molar-refractivity contribution >= 4 is 57.3 Å². The van der Waals surface area contributed by atoms with Gasteiger partial charge in [0.05, 0.1) is 5.69 Å². The normalized spacial score (nSPS) is 17.4. The van der Waals surface area contributed by atoms with Crippen molar-refractivity contribution in [3.63, 3.8) is 0 Å². The van der Waals surface area contributed by atoms with Crippen LogP contribution >= 0.6 is 23.2 Å². The third-order valence-corrected chi connectivity index (χ3v) is 14.3. The summed E-state index contributed by atoms with van der Waals surface area (Å²) in [7, 11) is 0. The molecular formula is C56H62Cl2N2. The Labute approximate surface area is 370 Å². The lowest BCUT2D eigenvalue weighted by atomic mass is 9.63. The lowest BCUT2D eigenvalue weighted by Crippen LogP contribution is -2.34. The molecule has 0 fully saturated rings. The number of hydrogen-bond donors (Lipinski definition) is 0. The fraction of sp³-hybridized carbons (Fsp3) is 0.357. The van der Waals surface area contributed by atoms with Crippen molar-refractivity contribution in [2.75, 3.05) is 9.80 Å². The molecule has 0 aromatic heterocycles. The SMILES string of the molecule is CC(C)(C)c1ccc(N(c2cccc(Cl)c2)c2cc(Cl)cc(N(c3ccc4c(c3)C(C)(C)CCC4(C)C)c3ccc4c(c3)C(C)(C)CCC4(C)C)c2)c(-c2ccccc2)c1. The Morgan fingerprint density at radius 1 is 0.417 bits per heavy atom. The molecule has 0 N–H and O–H groups in total. The van der Waals surface area contributed by atoms with E-state index in [-0.39, 0.29) is 27.1 Å². The van der Waals surface area contributed by atoms with Gasteiger partial charge >= 0.3 is 0 Å². The topological polar surface area (TPSA) is 6.48 Å². The van der Waals surface area contributed by atoms with Crippen LogP contribution in [0.4, 0.5) is 34.1 Å². The van der Waals surface area contributed by atoms with Crippen molar-refractivity contribution in [3.05, 3.63) is 165 Å². The van der Waals surface area contributed by atoms with Gasteiger partial charge in [-0.2, -0.15) is 0 Å². The van der Waals surface area contributed by atoms with Crippen LogP contribution in [-0.2, 0) is 27.1 Å². The van der Waals surface area contributed by atoms with E-state index in [1.54, 1.807) is 0 Å². The molecule has 2 aliphatic carbocycles. The highest BCUT2D eigenvalue weighted by atomic mass is 35.5. The fourth-order valence-corrected chi connectivity index (χ4v) is 10.2. The average Bonchev–Trinajstić information content (AvgIpc) is 3.19. The molecule has 6 aromatic carbocycles. The number of fused-ring (bicyclic) bond motifs is 2. The summed E-state index contributed by atoms with van der Waals surface area (Å²) >= 11 is 14.2. The lowest BCUT2D eigenvalue weighted by molar-refractivity contribution is 0.332. The van der Waals surface area contributed by atoms with Gasteiger partial charge in [0.25, 0.3) is 0 Å². The zero-order valence-electron chi connectivity index (χ0n) is 37.6. The first kappa shape index (κ1) is 42.2. The van der Waals surface area contributed by atoms with E-state index in [4.69, 9.17) is 23.2 Å². The standard InChI is InChI=1S/C56H62Cl2N2/c1-52(2,3)38-20-25-51(46(30-38)37-16-13-12-14-17-37)60(41-19-15-18-39(57)31-41)45-33-40(58)32-44(34-45)59(42-21-23-47-49(35-42)55(8,9)28-26-53(47,4)5)43-22-24-48-50(36-43)56(10,11)29-27-54(48,6)7/h12-25,30-36H,26-29H2,1-11H3. The van der Waals surface area contributed by atoms with Crippen LogP contribution in [0.1, 0.15) is 130 Å². The van der Waals surface area contributed by atoms with Gasteiger partial charge in [0.1, 0.15) is 0 Å². The molecule has 0 atom stereocenters. The number of benzene rings is 6. The minimum absolute atomic E-state index is 0.0377. The lowest BCUT2D eigenvalue weighted by Gasteiger charge is -2.43. The molecule has 0 heterocycles. The maximum atomic E-state index is 7.38. The molecule has 0 saturated heterocycles. The van der Waals surface area contributed by atoms with Crippen molar-refractivity contribution in [2.45, 2.75) is 129 Å². The highest BCUT2D eigenvalue weighted by Gasteiger charge is 2.39. The van der Waals surface area contributed by atoms with Gasteiger partial charge in [0, 0.05) is 44.0 Å². The Balaban J connectivity index is 1.40. The molecule has 0 aliphatic heterocycles. The predicted octanol–water partition coefficient (Wildman–Crippen LogP) is 17.6. The number of anilines is 6. The van der Waals surface area contributed by atoms with E-state index in [1.165, 1.54) is 40.7 Å². The Morgan fingerprint density at radius 2 is 0.900 bits per heavy atom. The van der Waals surface area contributed by atoms with Crippen molar-refractivity contribution in [1.29, 1.82) is 0 Å². The van der Waals surface area contributed by atoms with E-state index in [1.807, 2.05) is 18.2 Å². The first-order valence-electron chi connectivity index (χ1n) is 21.8. The molecular weight excluding hydrogens is 772 g/mol. The molecule has 0 bridgehead atoms. The minimum Gasteiger partial charge on any atom is -0.310 e. The number of hydrogen-bond acceptors (Lipinski definition) is 2. The zero-order valence-corrected chi connectivity index (χ0v) is 39.1. The molecule has 0 saturated carbocycles. The van der Waals surface area contributed by atoms with Crippen LogP contribution in [0.3, 0.4) is 0 Å². The van der Waals surface area contributed by atoms with E-state index in [2.05, 4.69) is 195 Å². The zero-order chi connectivity index (χ0) is 43.0. The highest BCUT2D eigenvalue weighted by molar-refractivity contribution is 6.31. The van der Waals surface area contributed by atoms with E-state index < -0.39 is 0 Å². The Kier molecular flexibility index (Phi) is 10.6. The molecule has 60 heavy (non-hydrogen) atoms. The van der Waals surface area contributed by atoms with E-state index in [9.17, 15) is 0 Å². The molecule has 0 amide bonds. The van der Waals surface area contributed by atoms with Gasteiger partial charge in [-0.05, 0) is 159 Å². The average molecular weight is 834 g/mol. The predicted molar refractivity (Wildman–Crippen MR) is 261 cm³/mol. The highest BCUT2D eigenvalue weighted by Crippen LogP contribution is 2.52. The van der Waals surface area contributed by atoms with Crippen LogP contribution in [0.25, 0.3) is 11.1 Å². The summed E-state index contributed by atoms with van der Waals surface area (Å²) in [5.41, 5.74) is 15.8. The summed E-state index contributed by atoms with van der Waals surface area (Å²) in [6.07, 6.45) is 4.63. The maximum Gasteiger partial charge on any atom is 0.0540 e. The van der Waals surface area contributed by atoms with Gasteiger partial charge in [0.15, 0.2) is 0 Å². The fourth-order valence-electron chi connectivity index (χ4n) is 9.78. The molecule has 6 aromatic rings. The van der Waals surface area contributed by atoms with Crippen molar-refractivity contribution in [1.82, 2.24) is 0 Å². The number of halogens is 2. The van der Waals surface area contributed by atoms with Crippen LogP contribution in [0.2, 0.25) is 10.0 Å². The number of nitrogens with zero attached hydrogens (tertiary/aromatic N) is 2. The van der Waals surface area contributed by atoms with Gasteiger partial charge in [-0.15, -0.1) is 0 Å². The van der Waals surface area contributed by atoms with Gasteiger partial charge in [0.2, 0.25) is 0 Å². The van der Waals surface area contributed by atoms with Crippen LogP contribution in [0.5, 0.6) is 0 Å². The third kappa shape index (κ3) is 7.91. The van der Waals surface area contributed by atoms with E-state index in [0.717, 1.165) is 58.1 Å². The van der Waals surface area contributed by atoms with Gasteiger partial charge in [-0.1, -0.05) is 154 Å². The Morgan fingerprint density at radius 3 is 1.42 bits per heavy atom. The molecule has 0 unspecified atom stereocenters. The number of rotatable bonds is 7. The second-order valence-corrected chi connectivity index (χ2v) is 22.0. The molecule has 8 rings (SSSR count). The van der Waals surface area contributed by atoms with Crippen LogP contribution in [0, 0.1) is 0 Å². The smallest absolute Gasteiger partial charge is 0.0540 e. The van der Waals surface area contributed by atoms with Gasteiger partial charge in [-0.25, -0.2) is 0 Å². The summed E-state index contributed by atoms with van der Waals surface area (Å²) in [6, 6.07) is 46.7. The van der Waals surface area contributed by atoms with Crippen molar-refractivity contribution < 1.29 is 0 Å². The van der Waals surface area contributed by atoms with Gasteiger partial charge in [-0.3, -0.25) is 0 Å². The molecule has 2 nitrogen and oxygen atoms in total. The molecule has 4 heteroatoms. The second kappa shape index (κ2) is 15.1. The van der Waals surface area contributed by atoms with Crippen molar-refractivity contribution in [2.24, 2.45) is 0 Å². The molecule has 0 radical (unpaired) electrons. The van der Waals surface area contributed by atoms with E-state index in [0.29, 0.717) is 10.0 Å². The minimum atomic E-state index is -0.0377. The monoisotopic (exact) mass is 832 g/mol. The third-order valence-electron chi connectivity index (χ3n) is 13.8. The largest absolute Gasteiger partial charge is 0.310 e. The first-order valence-corrected chi connectivity index (χ1v) is 22.6. The summed E-state index contributed by atoms with van der Waals surface area (Å²) in [4.78, 5) is 4.77. The van der Waals surface area contributed by atoms with Crippen molar-refractivity contribution in [3.8, 4) is 11.1 Å². The maximum absolute atomic E-state index is 7.38. The quantitative estimate of drug-likeness (QED) is 0.158. The van der Waals surface area contributed by atoms with Crippen LogP contribution in [0.15, 0.2) is 127 Å². The summed E-state index contributed by atoms with van der Waals surface area (Å²) < 4.78 is 0. The van der Waals surface area contributed by atoms with E-state index >= 15 is 0 Å². The van der Waals surface area contributed by atoms with Crippen LogP contribution in [-0.4, -0.2) is 0 Å². The molecule has 2 aliphatic rings. The first-order chi connectivity index (χ1) is 28.1. The summed E-state index contributed by atoms with van der Waals surface area (Å²) in [5, 5.41) is 1.33. The second-order valence-electron chi connectivity index (χ2n) is 21.2. The van der Waals surface area contributed by atoms with Crippen LogP contribution < -0.4 is 9.80 Å².